The van der Waals surface area contributed by atoms with Crippen molar-refractivity contribution in [2.24, 2.45) is 5.10 Å². The van der Waals surface area contributed by atoms with Gasteiger partial charge in [-0.15, -0.1) is 0 Å². The van der Waals surface area contributed by atoms with Crippen molar-refractivity contribution < 1.29 is 23.5 Å². The molecule has 0 aliphatic carbocycles. The van der Waals surface area contributed by atoms with Crippen molar-refractivity contribution in [2.45, 2.75) is 0 Å². The number of hydrazone groups is 1. The molecule has 0 unspecified atom stereocenters. The Morgan fingerprint density at radius 3 is 2.47 bits per heavy atom. The van der Waals surface area contributed by atoms with Gasteiger partial charge in [-0.05, 0) is 60.2 Å². The van der Waals surface area contributed by atoms with Gasteiger partial charge in [0.05, 0.1) is 18.3 Å². The summed E-state index contributed by atoms with van der Waals surface area (Å²) in [6.07, 6.45) is 1.39. The summed E-state index contributed by atoms with van der Waals surface area (Å²) in [5.41, 5.74) is 3.19. The fourth-order valence-electron chi connectivity index (χ4n) is 2.52. The van der Waals surface area contributed by atoms with Gasteiger partial charge in [0.1, 0.15) is 11.6 Å². The van der Waals surface area contributed by atoms with E-state index >= 15 is 0 Å². The van der Waals surface area contributed by atoms with Crippen molar-refractivity contribution in [3.05, 3.63) is 99.8 Å². The van der Waals surface area contributed by atoms with Crippen molar-refractivity contribution in [3.63, 3.8) is 0 Å². The number of carbonyl (C=O) groups is 3. The molecule has 0 aliphatic rings. The number of carbonyl (C=O) groups excluding carboxylic acids is 3. The van der Waals surface area contributed by atoms with Crippen LogP contribution in [0.25, 0.3) is 0 Å². The number of nitrogens with one attached hydrogen (secondary N) is 2. The summed E-state index contributed by atoms with van der Waals surface area (Å²) in [5.74, 6) is -2.12. The maximum absolute atomic E-state index is 13.6. The van der Waals surface area contributed by atoms with Gasteiger partial charge in [-0.2, -0.15) is 5.10 Å². The number of hydrogen-bond donors (Lipinski definition) is 2. The summed E-state index contributed by atoms with van der Waals surface area (Å²) >= 11 is 3.28. The van der Waals surface area contributed by atoms with Crippen molar-refractivity contribution in [1.82, 2.24) is 10.7 Å². The number of halogens is 2. The minimum absolute atomic E-state index is 0.159. The highest BCUT2D eigenvalue weighted by molar-refractivity contribution is 9.10. The summed E-state index contributed by atoms with van der Waals surface area (Å²) in [6, 6.07) is 18.6. The molecule has 0 heterocycles. The average molecular weight is 498 g/mol. The summed E-state index contributed by atoms with van der Waals surface area (Å²) in [4.78, 5) is 35.9. The second-order valence-corrected chi connectivity index (χ2v) is 7.34. The summed E-state index contributed by atoms with van der Waals surface area (Å²) < 4.78 is 19.5. The molecule has 0 atom stereocenters. The van der Waals surface area contributed by atoms with Gasteiger partial charge in [-0.3, -0.25) is 9.59 Å². The Labute approximate surface area is 191 Å². The lowest BCUT2D eigenvalue weighted by Crippen LogP contribution is -2.34. The zero-order valence-electron chi connectivity index (χ0n) is 16.5. The van der Waals surface area contributed by atoms with E-state index < -0.39 is 17.7 Å². The molecule has 0 spiro atoms. The third-order valence-electron chi connectivity index (χ3n) is 4.08. The van der Waals surface area contributed by atoms with E-state index in [1.54, 1.807) is 42.5 Å². The summed E-state index contributed by atoms with van der Waals surface area (Å²) in [7, 11) is 0. The normalized spacial score (nSPS) is 10.6. The van der Waals surface area contributed by atoms with Gasteiger partial charge in [0.25, 0.3) is 11.8 Å². The molecule has 3 aromatic carbocycles. The molecule has 0 bridgehead atoms. The Balaban J connectivity index is 1.46. The molecule has 9 heteroatoms. The average Bonchev–Trinajstić information content (AvgIpc) is 2.79. The van der Waals surface area contributed by atoms with Crippen LogP contribution in [0.2, 0.25) is 0 Å². The van der Waals surface area contributed by atoms with Gasteiger partial charge in [0.15, 0.2) is 0 Å². The van der Waals surface area contributed by atoms with E-state index in [0.29, 0.717) is 11.1 Å². The van der Waals surface area contributed by atoms with Gasteiger partial charge in [0.2, 0.25) is 0 Å². The maximum Gasteiger partial charge on any atom is 0.346 e. The highest BCUT2D eigenvalue weighted by atomic mass is 79.9. The van der Waals surface area contributed by atoms with Crippen LogP contribution in [0.4, 0.5) is 4.39 Å². The van der Waals surface area contributed by atoms with Gasteiger partial charge < -0.3 is 10.1 Å². The van der Waals surface area contributed by atoms with Crippen molar-refractivity contribution in [3.8, 4) is 5.75 Å². The van der Waals surface area contributed by atoms with Crippen LogP contribution in [-0.2, 0) is 4.79 Å². The van der Waals surface area contributed by atoms with Gasteiger partial charge >= 0.3 is 5.97 Å². The van der Waals surface area contributed by atoms with Crippen LogP contribution in [0.5, 0.6) is 5.75 Å². The first kappa shape index (κ1) is 22.8. The number of rotatable bonds is 7. The lowest BCUT2D eigenvalue weighted by Gasteiger charge is -2.05. The Morgan fingerprint density at radius 1 is 1.00 bits per heavy atom. The predicted molar refractivity (Wildman–Crippen MR) is 120 cm³/mol. The molecule has 3 rings (SSSR count). The molecule has 0 saturated heterocycles. The first-order chi connectivity index (χ1) is 15.4. The first-order valence-corrected chi connectivity index (χ1v) is 10.1. The van der Waals surface area contributed by atoms with Crippen molar-refractivity contribution >= 4 is 39.9 Å². The molecule has 0 aromatic heterocycles. The molecular weight excluding hydrogens is 481 g/mol. The highest BCUT2D eigenvalue weighted by Gasteiger charge is 2.13. The fourth-order valence-corrected chi connectivity index (χ4v) is 2.92. The number of hydrogen-bond acceptors (Lipinski definition) is 5. The zero-order valence-corrected chi connectivity index (χ0v) is 18.1. The second-order valence-electron chi connectivity index (χ2n) is 6.42. The fraction of sp³-hybridized carbons (Fsp3) is 0.0435. The molecule has 32 heavy (non-hydrogen) atoms. The van der Waals surface area contributed by atoms with Gasteiger partial charge in [-0.1, -0.05) is 34.1 Å². The molecule has 7 nitrogen and oxygen atoms in total. The smallest absolute Gasteiger partial charge is 0.346 e. The lowest BCUT2D eigenvalue weighted by atomic mass is 10.2. The predicted octanol–water partition coefficient (Wildman–Crippen LogP) is 3.69. The Hall–Kier alpha value is -3.85. The molecule has 2 N–H and O–H groups in total. The molecule has 3 aromatic rings. The second kappa shape index (κ2) is 11.0. The van der Waals surface area contributed by atoms with Crippen molar-refractivity contribution in [2.75, 3.05) is 6.54 Å². The minimum atomic E-state index is -0.804. The van der Waals surface area contributed by atoms with E-state index in [1.807, 2.05) is 0 Å². The molecule has 0 saturated carbocycles. The van der Waals surface area contributed by atoms with E-state index in [2.05, 4.69) is 31.8 Å². The molecule has 2 amide bonds. The van der Waals surface area contributed by atoms with Crippen molar-refractivity contribution in [1.29, 1.82) is 0 Å². The molecular formula is C23H17BrFN3O4. The van der Waals surface area contributed by atoms with Crippen LogP contribution in [-0.4, -0.2) is 30.5 Å². The highest BCUT2D eigenvalue weighted by Crippen LogP contribution is 2.15. The SMILES string of the molecule is O=C(CNC(=O)c1cccc(Br)c1)NN=Cc1ccc(OC(=O)c2ccccc2F)cc1. The van der Waals surface area contributed by atoms with Crippen LogP contribution < -0.4 is 15.5 Å². The number of nitrogens with zero attached hydrogens (tertiary/aromatic N) is 1. The zero-order chi connectivity index (χ0) is 22.9. The van der Waals surface area contributed by atoms with E-state index in [9.17, 15) is 18.8 Å². The van der Waals surface area contributed by atoms with E-state index in [4.69, 9.17) is 4.74 Å². The molecule has 0 fully saturated rings. The lowest BCUT2D eigenvalue weighted by molar-refractivity contribution is -0.120. The van der Waals surface area contributed by atoms with Crippen LogP contribution in [0.1, 0.15) is 26.3 Å². The number of esters is 1. The van der Waals surface area contributed by atoms with Gasteiger partial charge in [-0.25, -0.2) is 14.6 Å². The number of benzene rings is 3. The number of amides is 2. The minimum Gasteiger partial charge on any atom is -0.423 e. The third kappa shape index (κ3) is 6.58. The Bertz CT molecular complexity index is 1170. The first-order valence-electron chi connectivity index (χ1n) is 9.35. The van der Waals surface area contributed by atoms with E-state index in [1.165, 1.54) is 36.5 Å². The van der Waals surface area contributed by atoms with Crippen LogP contribution in [0.3, 0.4) is 0 Å². The molecule has 0 radical (unpaired) electrons. The Morgan fingerprint density at radius 2 is 1.75 bits per heavy atom. The summed E-state index contributed by atoms with van der Waals surface area (Å²) in [5, 5.41) is 6.31. The van der Waals surface area contributed by atoms with E-state index in [-0.39, 0.29) is 23.8 Å². The maximum atomic E-state index is 13.6. The summed E-state index contributed by atoms with van der Waals surface area (Å²) in [6.45, 7) is -0.242. The van der Waals surface area contributed by atoms with Crippen LogP contribution in [0, 0.1) is 5.82 Å². The third-order valence-corrected chi connectivity index (χ3v) is 4.58. The largest absolute Gasteiger partial charge is 0.423 e. The standard InChI is InChI=1S/C23H17BrFN3O4/c24-17-5-3-4-16(12-17)22(30)26-14-21(29)28-27-13-15-8-10-18(11-9-15)32-23(31)19-6-1-2-7-20(19)25/h1-13H,14H2,(H,26,30)(H,28,29). The molecule has 162 valence electrons. The van der Waals surface area contributed by atoms with Crippen LogP contribution >= 0.6 is 15.9 Å². The monoisotopic (exact) mass is 497 g/mol. The molecule has 0 aliphatic heterocycles. The van der Waals surface area contributed by atoms with E-state index in [0.717, 1.165) is 4.47 Å². The quantitative estimate of drug-likeness (QED) is 0.225. The Kier molecular flexibility index (Phi) is 7.82. The number of ether oxygens (including phenoxy) is 1. The van der Waals surface area contributed by atoms with Gasteiger partial charge in [0, 0.05) is 10.0 Å². The van der Waals surface area contributed by atoms with Crippen LogP contribution in [0.15, 0.2) is 82.4 Å². The topological polar surface area (TPSA) is 96.9 Å².